The van der Waals surface area contributed by atoms with Crippen LogP contribution in [0.5, 0.6) is 0 Å². The minimum absolute atomic E-state index is 0.438. The molecule has 0 aliphatic heterocycles. The van der Waals surface area contributed by atoms with E-state index in [0.29, 0.717) is 11.1 Å². The van der Waals surface area contributed by atoms with Gasteiger partial charge in [-0.2, -0.15) is 5.26 Å². The van der Waals surface area contributed by atoms with Crippen molar-refractivity contribution in [2.75, 3.05) is 7.11 Å². The lowest BCUT2D eigenvalue weighted by Gasteiger charge is -2.02. The Kier molecular flexibility index (Phi) is 3.40. The number of nitrogens with zero attached hydrogens (tertiary/aromatic N) is 1. The monoisotopic (exact) mass is 237 g/mol. The van der Waals surface area contributed by atoms with Crippen LogP contribution in [0.1, 0.15) is 11.1 Å². The Hall–Kier alpha value is -2.60. The van der Waals surface area contributed by atoms with Crippen molar-refractivity contribution in [1.29, 1.82) is 5.26 Å². The summed E-state index contributed by atoms with van der Waals surface area (Å²) >= 11 is 0. The molecule has 3 nitrogen and oxygen atoms in total. The Morgan fingerprint density at radius 1 is 1.28 bits per heavy atom. The Bertz CT molecular complexity index is 666. The number of carbonyl (C=O) groups excluding carboxylic acids is 1. The third kappa shape index (κ3) is 2.38. The maximum atomic E-state index is 11.1. The predicted octanol–water partition coefficient (Wildman–Crippen LogP) is 2.90. The van der Waals surface area contributed by atoms with Gasteiger partial charge in [0.15, 0.2) is 0 Å². The SMILES string of the molecule is COC(=O)/C=C\c1cc2ccccc2cc1C#N. The molecule has 88 valence electrons. The van der Waals surface area contributed by atoms with Crippen LogP contribution in [0.3, 0.4) is 0 Å². The minimum atomic E-state index is -0.438. The first kappa shape index (κ1) is 11.9. The highest BCUT2D eigenvalue weighted by atomic mass is 16.5. The van der Waals surface area contributed by atoms with Crippen molar-refractivity contribution in [3.63, 3.8) is 0 Å². The zero-order chi connectivity index (χ0) is 13.0. The number of hydrogen-bond donors (Lipinski definition) is 0. The number of carbonyl (C=O) groups is 1. The van der Waals surface area contributed by atoms with Gasteiger partial charge in [-0.3, -0.25) is 0 Å². The summed E-state index contributed by atoms with van der Waals surface area (Å²) in [4.78, 5) is 11.1. The molecule has 2 aromatic carbocycles. The topological polar surface area (TPSA) is 50.1 Å². The molecule has 0 aliphatic rings. The summed E-state index contributed by atoms with van der Waals surface area (Å²) in [6, 6.07) is 13.6. The van der Waals surface area contributed by atoms with Gasteiger partial charge in [0, 0.05) is 6.08 Å². The molecule has 0 aliphatic carbocycles. The van der Waals surface area contributed by atoms with Gasteiger partial charge in [0.2, 0.25) is 0 Å². The highest BCUT2D eigenvalue weighted by molar-refractivity contribution is 5.91. The minimum Gasteiger partial charge on any atom is -0.466 e. The van der Waals surface area contributed by atoms with Crippen molar-refractivity contribution in [3.8, 4) is 6.07 Å². The molecule has 0 bridgehead atoms. The lowest BCUT2D eigenvalue weighted by atomic mass is 10.0. The molecular formula is C15H11NO2. The molecule has 0 spiro atoms. The van der Waals surface area contributed by atoms with Gasteiger partial charge in [-0.05, 0) is 34.5 Å². The molecule has 0 amide bonds. The molecule has 18 heavy (non-hydrogen) atoms. The van der Waals surface area contributed by atoms with Crippen LogP contribution < -0.4 is 0 Å². The van der Waals surface area contributed by atoms with Gasteiger partial charge in [-0.15, -0.1) is 0 Å². The van der Waals surface area contributed by atoms with Crippen molar-refractivity contribution < 1.29 is 9.53 Å². The lowest BCUT2D eigenvalue weighted by Crippen LogP contribution is -1.93. The molecule has 0 heterocycles. The molecule has 0 atom stereocenters. The number of fused-ring (bicyclic) bond motifs is 1. The maximum Gasteiger partial charge on any atom is 0.330 e. The third-order valence-electron chi connectivity index (χ3n) is 2.64. The predicted molar refractivity (Wildman–Crippen MR) is 69.7 cm³/mol. The van der Waals surface area contributed by atoms with Crippen LogP contribution in [0.2, 0.25) is 0 Å². The van der Waals surface area contributed by atoms with Gasteiger partial charge in [0.25, 0.3) is 0 Å². The highest BCUT2D eigenvalue weighted by Gasteiger charge is 2.02. The number of ether oxygens (including phenoxy) is 1. The Morgan fingerprint density at radius 2 is 1.94 bits per heavy atom. The first-order valence-electron chi connectivity index (χ1n) is 5.43. The number of rotatable bonds is 2. The van der Waals surface area contributed by atoms with Gasteiger partial charge >= 0.3 is 5.97 Å². The summed E-state index contributed by atoms with van der Waals surface area (Å²) in [5.41, 5.74) is 1.25. The largest absolute Gasteiger partial charge is 0.466 e. The molecule has 0 radical (unpaired) electrons. The van der Waals surface area contributed by atoms with Crippen LogP contribution in [0.4, 0.5) is 0 Å². The first-order chi connectivity index (χ1) is 8.74. The molecule has 2 aromatic rings. The standard InChI is InChI=1S/C15H11NO2/c1-18-15(17)7-6-13-8-11-4-2-3-5-12(11)9-14(13)10-16/h2-9H,1H3/b7-6-. The second kappa shape index (κ2) is 5.15. The second-order valence-electron chi connectivity index (χ2n) is 3.75. The molecule has 0 saturated carbocycles. The molecule has 0 saturated heterocycles. The Labute approximate surface area is 105 Å². The fourth-order valence-electron chi connectivity index (χ4n) is 1.72. The average Bonchev–Trinajstić information content (AvgIpc) is 2.43. The maximum absolute atomic E-state index is 11.1. The Morgan fingerprint density at radius 3 is 2.56 bits per heavy atom. The van der Waals surface area contributed by atoms with Gasteiger partial charge in [-0.25, -0.2) is 4.79 Å². The van der Waals surface area contributed by atoms with E-state index >= 15 is 0 Å². The summed E-state index contributed by atoms with van der Waals surface area (Å²) in [6.07, 6.45) is 2.90. The van der Waals surface area contributed by atoms with Crippen LogP contribution >= 0.6 is 0 Å². The molecule has 0 aromatic heterocycles. The van der Waals surface area contributed by atoms with Gasteiger partial charge in [0.1, 0.15) is 0 Å². The summed E-state index contributed by atoms with van der Waals surface area (Å²) < 4.78 is 4.52. The fourth-order valence-corrected chi connectivity index (χ4v) is 1.72. The molecule has 0 fully saturated rings. The summed E-state index contributed by atoms with van der Waals surface area (Å²) in [5.74, 6) is -0.438. The molecular weight excluding hydrogens is 226 g/mol. The first-order valence-corrected chi connectivity index (χ1v) is 5.43. The van der Waals surface area contributed by atoms with E-state index in [9.17, 15) is 4.79 Å². The summed E-state index contributed by atoms with van der Waals surface area (Å²) in [6.45, 7) is 0. The quantitative estimate of drug-likeness (QED) is 0.596. The van der Waals surface area contributed by atoms with Gasteiger partial charge in [0.05, 0.1) is 18.7 Å². The van der Waals surface area contributed by atoms with E-state index in [0.717, 1.165) is 10.8 Å². The van der Waals surface area contributed by atoms with E-state index in [4.69, 9.17) is 5.26 Å². The van der Waals surface area contributed by atoms with E-state index in [1.165, 1.54) is 13.2 Å². The third-order valence-corrected chi connectivity index (χ3v) is 2.64. The Balaban J connectivity index is 2.52. The van der Waals surface area contributed by atoms with Crippen LogP contribution in [0.15, 0.2) is 42.5 Å². The van der Waals surface area contributed by atoms with Crippen LogP contribution in [-0.2, 0) is 9.53 Å². The van der Waals surface area contributed by atoms with E-state index in [2.05, 4.69) is 10.8 Å². The zero-order valence-electron chi connectivity index (χ0n) is 9.88. The van der Waals surface area contributed by atoms with E-state index in [-0.39, 0.29) is 0 Å². The van der Waals surface area contributed by atoms with Gasteiger partial charge in [-0.1, -0.05) is 24.3 Å². The normalized spacial score (nSPS) is 10.4. The van der Waals surface area contributed by atoms with Crippen molar-refractivity contribution in [1.82, 2.24) is 0 Å². The van der Waals surface area contributed by atoms with E-state index < -0.39 is 5.97 Å². The van der Waals surface area contributed by atoms with Crippen molar-refractivity contribution >= 4 is 22.8 Å². The van der Waals surface area contributed by atoms with Crippen molar-refractivity contribution in [2.24, 2.45) is 0 Å². The molecule has 0 N–H and O–H groups in total. The van der Waals surface area contributed by atoms with E-state index in [1.54, 1.807) is 6.08 Å². The smallest absolute Gasteiger partial charge is 0.330 e. The fraction of sp³-hybridized carbons (Fsp3) is 0.0667. The zero-order valence-corrected chi connectivity index (χ0v) is 9.88. The summed E-state index contributed by atoms with van der Waals surface area (Å²) in [5, 5.41) is 11.1. The summed E-state index contributed by atoms with van der Waals surface area (Å²) in [7, 11) is 1.32. The lowest BCUT2D eigenvalue weighted by molar-refractivity contribution is -0.134. The van der Waals surface area contributed by atoms with Crippen molar-refractivity contribution in [3.05, 3.63) is 53.6 Å². The van der Waals surface area contributed by atoms with Gasteiger partial charge < -0.3 is 4.74 Å². The second-order valence-corrected chi connectivity index (χ2v) is 3.75. The van der Waals surface area contributed by atoms with Crippen molar-refractivity contribution in [2.45, 2.75) is 0 Å². The number of hydrogen-bond acceptors (Lipinski definition) is 3. The number of esters is 1. The highest BCUT2D eigenvalue weighted by Crippen LogP contribution is 2.20. The molecule has 0 unspecified atom stereocenters. The molecule has 3 heteroatoms. The average molecular weight is 237 g/mol. The number of benzene rings is 2. The number of methoxy groups -OCH3 is 1. The molecule has 2 rings (SSSR count). The van der Waals surface area contributed by atoms with Crippen LogP contribution in [0, 0.1) is 11.3 Å². The van der Waals surface area contributed by atoms with Crippen LogP contribution in [-0.4, -0.2) is 13.1 Å². The van der Waals surface area contributed by atoms with Crippen LogP contribution in [0.25, 0.3) is 16.8 Å². The number of nitriles is 1. The van der Waals surface area contributed by atoms with E-state index in [1.807, 2.05) is 36.4 Å².